The molecule has 1 amide bonds. The van der Waals surface area contributed by atoms with Crippen molar-refractivity contribution in [2.24, 2.45) is 0 Å². The first-order valence-corrected chi connectivity index (χ1v) is 11.7. The number of aromatic nitrogens is 1. The van der Waals surface area contributed by atoms with Gasteiger partial charge in [-0.05, 0) is 48.6 Å². The normalized spacial score (nSPS) is 14.9. The number of carbonyl (C=O) groups excluding carboxylic acids is 1. The Morgan fingerprint density at radius 3 is 2.71 bits per heavy atom. The Morgan fingerprint density at radius 2 is 2.00 bits per heavy atom. The third-order valence-electron chi connectivity index (χ3n) is 5.64. The SMILES string of the molecule is CCCC(Oc1ccc(CN2CCN(C)c3cc(C)ncc3C2=O)cc1)c1cccs1. The number of carbonyl (C=O) groups is 1. The molecule has 0 N–H and O–H groups in total. The monoisotopic (exact) mass is 435 g/mol. The summed E-state index contributed by atoms with van der Waals surface area (Å²) >= 11 is 1.74. The van der Waals surface area contributed by atoms with Crippen LogP contribution in [0.25, 0.3) is 0 Å². The van der Waals surface area contributed by atoms with Crippen LogP contribution < -0.4 is 9.64 Å². The number of fused-ring (bicyclic) bond motifs is 1. The summed E-state index contributed by atoms with van der Waals surface area (Å²) < 4.78 is 6.27. The van der Waals surface area contributed by atoms with Crippen LogP contribution in [0.4, 0.5) is 5.69 Å². The molecule has 0 radical (unpaired) electrons. The van der Waals surface area contributed by atoms with Crippen molar-refractivity contribution in [2.75, 3.05) is 25.0 Å². The Kier molecular flexibility index (Phi) is 6.56. The summed E-state index contributed by atoms with van der Waals surface area (Å²) in [6.45, 7) is 6.18. The Hall–Kier alpha value is -2.86. The Balaban J connectivity index is 1.46. The number of rotatable bonds is 7. The van der Waals surface area contributed by atoms with Crippen molar-refractivity contribution < 1.29 is 9.53 Å². The smallest absolute Gasteiger partial charge is 0.257 e. The van der Waals surface area contributed by atoms with Crippen LogP contribution in [0.5, 0.6) is 5.75 Å². The van der Waals surface area contributed by atoms with Gasteiger partial charge >= 0.3 is 0 Å². The fraction of sp³-hybridized carbons (Fsp3) is 0.360. The van der Waals surface area contributed by atoms with Crippen LogP contribution in [0.15, 0.2) is 54.0 Å². The number of pyridine rings is 1. The molecule has 0 fully saturated rings. The zero-order chi connectivity index (χ0) is 21.8. The fourth-order valence-electron chi connectivity index (χ4n) is 3.89. The van der Waals surface area contributed by atoms with E-state index < -0.39 is 0 Å². The van der Waals surface area contributed by atoms with Crippen molar-refractivity contribution in [2.45, 2.75) is 39.3 Å². The summed E-state index contributed by atoms with van der Waals surface area (Å²) in [5, 5.41) is 2.09. The number of ether oxygens (including phenoxy) is 1. The molecule has 5 nitrogen and oxygen atoms in total. The maximum atomic E-state index is 13.1. The first-order valence-electron chi connectivity index (χ1n) is 10.8. The van der Waals surface area contributed by atoms with E-state index in [2.05, 4.69) is 46.5 Å². The highest BCUT2D eigenvalue weighted by atomic mass is 32.1. The minimum atomic E-state index is 0.0351. The zero-order valence-corrected chi connectivity index (χ0v) is 19.2. The summed E-state index contributed by atoms with van der Waals surface area (Å²) in [5.41, 5.74) is 3.64. The Bertz CT molecular complexity index is 1020. The first-order chi connectivity index (χ1) is 15.0. The summed E-state index contributed by atoms with van der Waals surface area (Å²) in [6, 6.07) is 14.3. The molecule has 2 aromatic heterocycles. The zero-order valence-electron chi connectivity index (χ0n) is 18.4. The number of hydrogen-bond donors (Lipinski definition) is 0. The second-order valence-corrected chi connectivity index (χ2v) is 9.02. The molecular formula is C25H29N3O2S. The van der Waals surface area contributed by atoms with Gasteiger partial charge in [0.1, 0.15) is 11.9 Å². The molecule has 1 unspecified atom stereocenters. The van der Waals surface area contributed by atoms with E-state index in [1.807, 2.05) is 37.1 Å². The van der Waals surface area contributed by atoms with Crippen molar-refractivity contribution in [3.8, 4) is 5.75 Å². The van der Waals surface area contributed by atoms with Crippen LogP contribution in [0.2, 0.25) is 0 Å². The van der Waals surface area contributed by atoms with E-state index in [0.29, 0.717) is 18.7 Å². The second kappa shape index (κ2) is 9.52. The van der Waals surface area contributed by atoms with E-state index in [1.165, 1.54) is 4.88 Å². The van der Waals surface area contributed by atoms with Gasteiger partial charge in [-0.2, -0.15) is 0 Å². The molecule has 0 bridgehead atoms. The van der Waals surface area contributed by atoms with E-state index in [1.54, 1.807) is 17.5 Å². The van der Waals surface area contributed by atoms with Gasteiger partial charge in [-0.1, -0.05) is 31.5 Å². The van der Waals surface area contributed by atoms with Crippen molar-refractivity contribution >= 4 is 22.9 Å². The average molecular weight is 436 g/mol. The van der Waals surface area contributed by atoms with Crippen LogP contribution in [0.1, 0.15) is 52.4 Å². The van der Waals surface area contributed by atoms with Gasteiger partial charge in [0.25, 0.3) is 5.91 Å². The quantitative estimate of drug-likeness (QED) is 0.494. The number of anilines is 1. The van der Waals surface area contributed by atoms with Gasteiger partial charge in [0.15, 0.2) is 0 Å². The summed E-state index contributed by atoms with van der Waals surface area (Å²) in [6.07, 6.45) is 3.86. The maximum absolute atomic E-state index is 13.1. The molecule has 1 atom stereocenters. The van der Waals surface area contributed by atoms with Crippen molar-refractivity contribution in [1.82, 2.24) is 9.88 Å². The molecule has 162 valence electrons. The number of hydrogen-bond acceptors (Lipinski definition) is 5. The molecule has 3 heterocycles. The van der Waals surface area contributed by atoms with Crippen LogP contribution in [0, 0.1) is 6.92 Å². The van der Waals surface area contributed by atoms with Crippen molar-refractivity contribution in [1.29, 1.82) is 0 Å². The topological polar surface area (TPSA) is 45.7 Å². The molecule has 3 aromatic rings. The van der Waals surface area contributed by atoms with Gasteiger partial charge in [0.05, 0.1) is 11.3 Å². The minimum absolute atomic E-state index is 0.0351. The van der Waals surface area contributed by atoms with Crippen molar-refractivity contribution in [3.63, 3.8) is 0 Å². The highest BCUT2D eigenvalue weighted by Gasteiger charge is 2.25. The molecule has 0 saturated carbocycles. The lowest BCUT2D eigenvalue weighted by molar-refractivity contribution is 0.0754. The summed E-state index contributed by atoms with van der Waals surface area (Å²) in [5.74, 6) is 0.899. The van der Waals surface area contributed by atoms with Gasteiger partial charge in [-0.3, -0.25) is 9.78 Å². The van der Waals surface area contributed by atoms with Crippen LogP contribution in [-0.4, -0.2) is 35.9 Å². The number of nitrogens with zero attached hydrogens (tertiary/aromatic N) is 3. The number of thiophene rings is 1. The number of amides is 1. The Morgan fingerprint density at radius 1 is 1.19 bits per heavy atom. The van der Waals surface area contributed by atoms with Crippen LogP contribution in [0.3, 0.4) is 0 Å². The van der Waals surface area contributed by atoms with Gasteiger partial charge in [-0.25, -0.2) is 0 Å². The minimum Gasteiger partial charge on any atom is -0.485 e. The van der Waals surface area contributed by atoms with Gasteiger partial charge in [-0.15, -0.1) is 11.3 Å². The highest BCUT2D eigenvalue weighted by Crippen LogP contribution is 2.30. The summed E-state index contributed by atoms with van der Waals surface area (Å²) in [4.78, 5) is 22.8. The molecule has 1 aliphatic rings. The van der Waals surface area contributed by atoms with Crippen molar-refractivity contribution in [3.05, 3.63) is 75.7 Å². The Labute approximate surface area is 188 Å². The third kappa shape index (κ3) is 4.90. The molecular weight excluding hydrogens is 406 g/mol. The first kappa shape index (κ1) is 21.4. The third-order valence-corrected chi connectivity index (χ3v) is 6.60. The molecule has 31 heavy (non-hydrogen) atoms. The number of likely N-dealkylation sites (N-methyl/N-ethyl adjacent to an activating group) is 1. The van der Waals surface area contributed by atoms with E-state index in [4.69, 9.17) is 4.74 Å². The molecule has 4 rings (SSSR count). The van der Waals surface area contributed by atoms with E-state index >= 15 is 0 Å². The molecule has 0 saturated heterocycles. The lowest BCUT2D eigenvalue weighted by Gasteiger charge is -2.22. The second-order valence-electron chi connectivity index (χ2n) is 8.05. The van der Waals surface area contributed by atoms with Crippen LogP contribution in [-0.2, 0) is 6.54 Å². The summed E-state index contributed by atoms with van der Waals surface area (Å²) in [7, 11) is 2.03. The molecule has 6 heteroatoms. The van der Waals surface area contributed by atoms with E-state index in [9.17, 15) is 4.79 Å². The number of benzene rings is 1. The fourth-order valence-corrected chi connectivity index (χ4v) is 4.68. The molecule has 0 aliphatic carbocycles. The molecule has 0 spiro atoms. The molecule has 1 aliphatic heterocycles. The van der Waals surface area contributed by atoms with Gasteiger partial charge in [0.2, 0.25) is 0 Å². The van der Waals surface area contributed by atoms with E-state index in [0.717, 1.165) is 42.1 Å². The van der Waals surface area contributed by atoms with Gasteiger partial charge in [0, 0.05) is 43.4 Å². The average Bonchev–Trinajstić information content (AvgIpc) is 3.28. The van der Waals surface area contributed by atoms with Crippen LogP contribution >= 0.6 is 11.3 Å². The molecule has 1 aromatic carbocycles. The lowest BCUT2D eigenvalue weighted by Crippen LogP contribution is -2.33. The number of aryl methyl sites for hydroxylation is 1. The lowest BCUT2D eigenvalue weighted by atomic mass is 10.1. The van der Waals surface area contributed by atoms with Gasteiger partial charge < -0.3 is 14.5 Å². The predicted octanol–water partition coefficient (Wildman–Crippen LogP) is 5.46. The maximum Gasteiger partial charge on any atom is 0.257 e. The largest absolute Gasteiger partial charge is 0.485 e. The standard InChI is InChI=1S/C25H29N3O2S/c1-4-6-23(24-7-5-14-31-24)30-20-10-8-19(9-11-20)17-28-13-12-27(3)22-15-18(2)26-16-21(22)25(28)29/h5,7-11,14-16,23H,4,6,12-13,17H2,1-3H3. The predicted molar refractivity (Wildman–Crippen MR) is 126 cm³/mol. The highest BCUT2D eigenvalue weighted by molar-refractivity contribution is 7.10. The van der Waals surface area contributed by atoms with E-state index in [-0.39, 0.29) is 12.0 Å².